The lowest BCUT2D eigenvalue weighted by Crippen LogP contribution is -2.55. The van der Waals surface area contributed by atoms with Crippen LogP contribution in [0.5, 0.6) is 0 Å². The molecule has 76 valence electrons. The maximum atomic E-state index is 9.27. The average Bonchev–Trinajstić information content (AvgIpc) is 2.30. The van der Waals surface area contributed by atoms with Gasteiger partial charge in [0.15, 0.2) is 0 Å². The fourth-order valence-corrected chi connectivity index (χ4v) is 2.91. The molecule has 2 aliphatic heterocycles. The molecule has 2 saturated heterocycles. The second-order valence-corrected chi connectivity index (χ2v) is 5.01. The van der Waals surface area contributed by atoms with Crippen molar-refractivity contribution in [2.75, 3.05) is 39.8 Å². The minimum atomic E-state index is -0.173. The quantitative estimate of drug-likeness (QED) is 0.654. The molecule has 0 radical (unpaired) electrons. The molecule has 2 heterocycles. The van der Waals surface area contributed by atoms with Gasteiger partial charge in [-0.15, -0.1) is 0 Å². The van der Waals surface area contributed by atoms with Gasteiger partial charge in [-0.1, -0.05) is 0 Å². The molecule has 0 amide bonds. The fourth-order valence-electron chi connectivity index (χ4n) is 2.91. The van der Waals surface area contributed by atoms with Crippen LogP contribution < -0.4 is 0 Å². The third-order valence-corrected chi connectivity index (χ3v) is 3.25. The van der Waals surface area contributed by atoms with Crippen molar-refractivity contribution < 1.29 is 5.11 Å². The van der Waals surface area contributed by atoms with Crippen molar-refractivity contribution >= 4 is 0 Å². The third kappa shape index (κ3) is 1.87. The average molecular weight is 184 g/mol. The zero-order valence-electron chi connectivity index (χ0n) is 8.66. The molecule has 1 atom stereocenters. The minimum Gasteiger partial charge on any atom is -0.392 e. The van der Waals surface area contributed by atoms with Crippen molar-refractivity contribution in [1.82, 2.24) is 9.80 Å². The third-order valence-electron chi connectivity index (χ3n) is 3.25. The van der Waals surface area contributed by atoms with Crippen LogP contribution in [0.2, 0.25) is 0 Å². The highest BCUT2D eigenvalue weighted by Crippen LogP contribution is 2.38. The molecule has 0 aromatic carbocycles. The van der Waals surface area contributed by atoms with Crippen molar-refractivity contribution in [2.24, 2.45) is 5.41 Å². The summed E-state index contributed by atoms with van der Waals surface area (Å²) in [6, 6.07) is 0. The summed E-state index contributed by atoms with van der Waals surface area (Å²) in [5, 5.41) is 9.27. The van der Waals surface area contributed by atoms with Gasteiger partial charge in [0.25, 0.3) is 0 Å². The summed E-state index contributed by atoms with van der Waals surface area (Å²) in [5.74, 6) is 0. The topological polar surface area (TPSA) is 26.7 Å². The van der Waals surface area contributed by atoms with Crippen LogP contribution in [-0.4, -0.2) is 60.8 Å². The van der Waals surface area contributed by atoms with Gasteiger partial charge in [0.2, 0.25) is 0 Å². The summed E-state index contributed by atoms with van der Waals surface area (Å²) < 4.78 is 0. The van der Waals surface area contributed by atoms with Crippen molar-refractivity contribution in [2.45, 2.75) is 19.4 Å². The van der Waals surface area contributed by atoms with E-state index >= 15 is 0 Å². The first-order chi connectivity index (χ1) is 6.10. The minimum absolute atomic E-state index is 0.173. The summed E-state index contributed by atoms with van der Waals surface area (Å²) in [4.78, 5) is 4.78. The normalized spacial score (nSPS) is 30.7. The van der Waals surface area contributed by atoms with Crippen LogP contribution in [0.4, 0.5) is 0 Å². The monoisotopic (exact) mass is 184 g/mol. The first-order valence-electron chi connectivity index (χ1n) is 5.19. The van der Waals surface area contributed by atoms with Crippen LogP contribution in [0.1, 0.15) is 13.3 Å². The Labute approximate surface area is 80.3 Å². The smallest absolute Gasteiger partial charge is 0.0639 e. The number of aliphatic hydroxyl groups excluding tert-OH is 1. The van der Waals surface area contributed by atoms with Crippen molar-refractivity contribution in [3.63, 3.8) is 0 Å². The number of hydrogen-bond acceptors (Lipinski definition) is 3. The second kappa shape index (κ2) is 3.23. The van der Waals surface area contributed by atoms with E-state index in [4.69, 9.17) is 0 Å². The van der Waals surface area contributed by atoms with Gasteiger partial charge < -0.3 is 14.9 Å². The Bertz CT molecular complexity index is 187. The molecule has 0 aliphatic carbocycles. The van der Waals surface area contributed by atoms with Gasteiger partial charge in [0.05, 0.1) is 6.10 Å². The van der Waals surface area contributed by atoms with Gasteiger partial charge in [-0.05, 0) is 26.9 Å². The molecule has 0 saturated carbocycles. The lowest BCUT2D eigenvalue weighted by Gasteiger charge is -2.46. The molecule has 3 heteroatoms. The molecule has 1 unspecified atom stereocenters. The molecule has 3 nitrogen and oxygen atoms in total. The highest BCUT2D eigenvalue weighted by Gasteiger charge is 2.45. The van der Waals surface area contributed by atoms with E-state index in [1.54, 1.807) is 0 Å². The fraction of sp³-hybridized carbons (Fsp3) is 1.00. The summed E-state index contributed by atoms with van der Waals surface area (Å²) in [5.41, 5.74) is 0.587. The van der Waals surface area contributed by atoms with E-state index in [0.29, 0.717) is 5.41 Å². The number of rotatable bonds is 2. The van der Waals surface area contributed by atoms with Crippen molar-refractivity contribution in [1.29, 1.82) is 0 Å². The highest BCUT2D eigenvalue weighted by molar-refractivity contribution is 5.00. The standard InChI is InChI=1S/C10H20N2O/c1-9(13)5-12-4-3-10(8-12)6-11(2)7-10/h9,13H,3-8H2,1-2H3. The first-order valence-corrected chi connectivity index (χ1v) is 5.19. The first kappa shape index (κ1) is 9.44. The van der Waals surface area contributed by atoms with Gasteiger partial charge >= 0.3 is 0 Å². The largest absolute Gasteiger partial charge is 0.392 e. The lowest BCUT2D eigenvalue weighted by atomic mass is 9.79. The SMILES string of the molecule is CC(O)CN1CCC2(CN(C)C2)C1. The molecule has 2 aliphatic rings. The van der Waals surface area contributed by atoms with E-state index in [1.807, 2.05) is 6.92 Å². The molecule has 0 aromatic rings. The summed E-state index contributed by atoms with van der Waals surface area (Å²) in [6.07, 6.45) is 1.15. The van der Waals surface area contributed by atoms with Gasteiger partial charge in [-0.2, -0.15) is 0 Å². The molecule has 1 spiro atoms. The van der Waals surface area contributed by atoms with Crippen LogP contribution in [0.3, 0.4) is 0 Å². The Kier molecular flexibility index (Phi) is 2.34. The second-order valence-electron chi connectivity index (χ2n) is 5.01. The van der Waals surface area contributed by atoms with Crippen LogP contribution in [0.15, 0.2) is 0 Å². The molecule has 2 fully saturated rings. The molecule has 2 rings (SSSR count). The number of likely N-dealkylation sites (tertiary alicyclic amines) is 2. The van der Waals surface area contributed by atoms with E-state index in [1.165, 1.54) is 32.6 Å². The Morgan fingerprint density at radius 3 is 2.62 bits per heavy atom. The molecule has 0 bridgehead atoms. The number of aliphatic hydroxyl groups is 1. The van der Waals surface area contributed by atoms with E-state index < -0.39 is 0 Å². The zero-order chi connectivity index (χ0) is 9.47. The van der Waals surface area contributed by atoms with Gasteiger partial charge in [0.1, 0.15) is 0 Å². The van der Waals surface area contributed by atoms with Crippen LogP contribution in [-0.2, 0) is 0 Å². The Hall–Kier alpha value is -0.120. The molecular weight excluding hydrogens is 164 g/mol. The van der Waals surface area contributed by atoms with Crippen molar-refractivity contribution in [3.05, 3.63) is 0 Å². The van der Waals surface area contributed by atoms with Crippen LogP contribution >= 0.6 is 0 Å². The zero-order valence-corrected chi connectivity index (χ0v) is 8.66. The Morgan fingerprint density at radius 2 is 2.08 bits per heavy atom. The van der Waals surface area contributed by atoms with E-state index in [0.717, 1.165) is 6.54 Å². The van der Waals surface area contributed by atoms with Crippen molar-refractivity contribution in [3.8, 4) is 0 Å². The number of β-amino-alcohol motifs (C(OH)–C–C–N with tert-alkyl or cyclic N) is 1. The Morgan fingerprint density at radius 1 is 1.38 bits per heavy atom. The Balaban J connectivity index is 1.81. The van der Waals surface area contributed by atoms with E-state index in [-0.39, 0.29) is 6.10 Å². The molecule has 13 heavy (non-hydrogen) atoms. The predicted molar refractivity (Wildman–Crippen MR) is 52.7 cm³/mol. The van der Waals surface area contributed by atoms with Gasteiger partial charge in [-0.25, -0.2) is 0 Å². The van der Waals surface area contributed by atoms with Gasteiger partial charge in [-0.3, -0.25) is 0 Å². The molecule has 1 N–H and O–H groups in total. The van der Waals surface area contributed by atoms with E-state index in [9.17, 15) is 5.11 Å². The molecule has 0 aromatic heterocycles. The lowest BCUT2D eigenvalue weighted by molar-refractivity contribution is 0.0265. The number of hydrogen-bond donors (Lipinski definition) is 1. The predicted octanol–water partition coefficient (Wildman–Crippen LogP) is 0.00470. The molecular formula is C10H20N2O. The van der Waals surface area contributed by atoms with Crippen LogP contribution in [0.25, 0.3) is 0 Å². The van der Waals surface area contributed by atoms with Gasteiger partial charge in [0, 0.05) is 31.6 Å². The summed E-state index contributed by atoms with van der Waals surface area (Å²) in [7, 11) is 2.18. The van der Waals surface area contributed by atoms with E-state index in [2.05, 4.69) is 16.8 Å². The maximum Gasteiger partial charge on any atom is 0.0639 e. The maximum absolute atomic E-state index is 9.27. The summed E-state index contributed by atoms with van der Waals surface area (Å²) >= 11 is 0. The highest BCUT2D eigenvalue weighted by atomic mass is 16.3. The summed E-state index contributed by atoms with van der Waals surface area (Å²) in [6.45, 7) is 7.61. The number of nitrogens with zero attached hydrogens (tertiary/aromatic N) is 2. The van der Waals surface area contributed by atoms with Crippen LogP contribution in [0, 0.1) is 5.41 Å².